The van der Waals surface area contributed by atoms with Gasteiger partial charge in [-0.15, -0.1) is 11.3 Å². The Bertz CT molecular complexity index is 1260. The van der Waals surface area contributed by atoms with E-state index in [-0.39, 0.29) is 29.1 Å². The fraction of sp³-hybridized carbons (Fsp3) is 0.458. The number of nitrogens with one attached hydrogen (secondary N) is 1. The number of hydrogen-bond acceptors (Lipinski definition) is 6. The largest absolute Gasteiger partial charge is 0.376 e. The van der Waals surface area contributed by atoms with E-state index >= 15 is 0 Å². The number of carbonyl (C=O) groups is 1. The van der Waals surface area contributed by atoms with E-state index in [1.54, 1.807) is 35.0 Å². The zero-order chi connectivity index (χ0) is 22.9. The number of rotatable bonds is 6. The SMILES string of the molecule is Cc1ccc(NC(=O)CSc2nc3sc4c(c3c(=O)n2CC2CCCO2)CCCC4)cc1F. The predicted octanol–water partition coefficient (Wildman–Crippen LogP) is 4.69. The zero-order valence-electron chi connectivity index (χ0n) is 18.5. The molecule has 1 saturated heterocycles. The summed E-state index contributed by atoms with van der Waals surface area (Å²) < 4.78 is 21.3. The minimum atomic E-state index is -0.361. The molecule has 1 aliphatic carbocycles. The van der Waals surface area contributed by atoms with Crippen molar-refractivity contribution >= 4 is 44.9 Å². The zero-order valence-corrected chi connectivity index (χ0v) is 20.1. The van der Waals surface area contributed by atoms with Gasteiger partial charge in [0, 0.05) is 17.2 Å². The number of thioether (sulfide) groups is 1. The van der Waals surface area contributed by atoms with E-state index in [2.05, 4.69) is 5.32 Å². The van der Waals surface area contributed by atoms with Crippen LogP contribution in [0.25, 0.3) is 10.2 Å². The first-order chi connectivity index (χ1) is 16.0. The summed E-state index contributed by atoms with van der Waals surface area (Å²) >= 11 is 2.85. The van der Waals surface area contributed by atoms with Crippen molar-refractivity contribution in [3.8, 4) is 0 Å². The molecule has 1 unspecified atom stereocenters. The maximum absolute atomic E-state index is 13.8. The van der Waals surface area contributed by atoms with Gasteiger partial charge >= 0.3 is 0 Å². The van der Waals surface area contributed by atoms with E-state index in [9.17, 15) is 14.0 Å². The molecule has 174 valence electrons. The third-order valence-corrected chi connectivity index (χ3v) is 8.40. The van der Waals surface area contributed by atoms with Crippen LogP contribution in [0.15, 0.2) is 28.2 Å². The third-order valence-electron chi connectivity index (χ3n) is 6.24. The minimum Gasteiger partial charge on any atom is -0.376 e. The molecule has 1 aliphatic heterocycles. The molecule has 3 heterocycles. The highest BCUT2D eigenvalue weighted by molar-refractivity contribution is 7.99. The maximum atomic E-state index is 13.8. The van der Waals surface area contributed by atoms with Crippen LogP contribution in [0.4, 0.5) is 10.1 Å². The van der Waals surface area contributed by atoms with Crippen LogP contribution in [-0.2, 0) is 28.9 Å². The summed E-state index contributed by atoms with van der Waals surface area (Å²) in [5.74, 6) is -0.560. The van der Waals surface area contributed by atoms with Gasteiger partial charge in [-0.05, 0) is 68.7 Å². The lowest BCUT2D eigenvalue weighted by molar-refractivity contribution is -0.113. The molecule has 9 heteroatoms. The molecule has 3 aromatic rings. The topological polar surface area (TPSA) is 73.2 Å². The highest BCUT2D eigenvalue weighted by Gasteiger charge is 2.25. The van der Waals surface area contributed by atoms with Crippen molar-refractivity contribution < 1.29 is 13.9 Å². The van der Waals surface area contributed by atoms with Crippen LogP contribution >= 0.6 is 23.1 Å². The van der Waals surface area contributed by atoms with Gasteiger partial charge in [0.05, 0.1) is 23.8 Å². The van der Waals surface area contributed by atoms with E-state index < -0.39 is 0 Å². The number of benzene rings is 1. The fourth-order valence-electron chi connectivity index (χ4n) is 4.48. The Balaban J connectivity index is 1.42. The lowest BCUT2D eigenvalue weighted by atomic mass is 9.97. The van der Waals surface area contributed by atoms with Crippen LogP contribution in [0.3, 0.4) is 0 Å². The average molecular weight is 488 g/mol. The van der Waals surface area contributed by atoms with E-state index in [1.165, 1.54) is 22.7 Å². The second-order valence-electron chi connectivity index (χ2n) is 8.64. The number of fused-ring (bicyclic) bond motifs is 3. The summed E-state index contributed by atoms with van der Waals surface area (Å²) in [6, 6.07) is 4.62. The first kappa shape index (κ1) is 22.6. The third kappa shape index (κ3) is 4.72. The van der Waals surface area contributed by atoms with Gasteiger partial charge in [0.2, 0.25) is 5.91 Å². The number of thiophene rings is 1. The van der Waals surface area contributed by atoms with Gasteiger partial charge in [-0.1, -0.05) is 17.8 Å². The molecule has 1 fully saturated rings. The predicted molar refractivity (Wildman–Crippen MR) is 130 cm³/mol. The molecular weight excluding hydrogens is 461 g/mol. The van der Waals surface area contributed by atoms with E-state index in [0.29, 0.717) is 29.6 Å². The van der Waals surface area contributed by atoms with Crippen molar-refractivity contribution in [3.63, 3.8) is 0 Å². The smallest absolute Gasteiger partial charge is 0.263 e. The monoisotopic (exact) mass is 487 g/mol. The molecule has 0 bridgehead atoms. The van der Waals surface area contributed by atoms with Gasteiger partial charge in [0.1, 0.15) is 10.6 Å². The first-order valence-corrected chi connectivity index (χ1v) is 13.2. The molecule has 1 N–H and O–H groups in total. The molecule has 1 amide bonds. The second kappa shape index (κ2) is 9.56. The Labute approximate surface area is 199 Å². The second-order valence-corrected chi connectivity index (χ2v) is 10.7. The summed E-state index contributed by atoms with van der Waals surface area (Å²) in [7, 11) is 0. The van der Waals surface area contributed by atoms with Crippen LogP contribution in [0, 0.1) is 12.7 Å². The Kier molecular flexibility index (Phi) is 6.53. The molecule has 33 heavy (non-hydrogen) atoms. The number of ether oxygens (including phenoxy) is 1. The Hall–Kier alpha value is -2.23. The van der Waals surface area contributed by atoms with Gasteiger partial charge in [0.15, 0.2) is 5.16 Å². The maximum Gasteiger partial charge on any atom is 0.263 e. The standard InChI is InChI=1S/C24H26FN3O3S2/c1-14-8-9-15(11-18(14)25)26-20(29)13-32-24-27-22-21(17-6-2-3-7-19(17)33-22)23(30)28(24)12-16-5-4-10-31-16/h8-9,11,16H,2-7,10,12-13H2,1H3,(H,26,29). The van der Waals surface area contributed by atoms with Crippen LogP contribution in [0.1, 0.15) is 41.7 Å². The van der Waals surface area contributed by atoms with Crippen molar-refractivity contribution in [2.24, 2.45) is 0 Å². The van der Waals surface area contributed by atoms with Crippen molar-refractivity contribution in [1.82, 2.24) is 9.55 Å². The molecule has 1 atom stereocenters. The molecule has 0 radical (unpaired) electrons. The van der Waals surface area contributed by atoms with Gasteiger partial charge in [-0.2, -0.15) is 0 Å². The number of amides is 1. The molecule has 2 aromatic heterocycles. The summed E-state index contributed by atoms with van der Waals surface area (Å²) in [5.41, 5.74) is 2.07. The highest BCUT2D eigenvalue weighted by Crippen LogP contribution is 2.35. The molecule has 6 nitrogen and oxygen atoms in total. The Morgan fingerprint density at radius 2 is 2.18 bits per heavy atom. The van der Waals surface area contributed by atoms with Crippen molar-refractivity contribution in [1.29, 1.82) is 0 Å². The van der Waals surface area contributed by atoms with Crippen molar-refractivity contribution in [3.05, 3.63) is 50.4 Å². The lowest BCUT2D eigenvalue weighted by Gasteiger charge is -2.16. The Morgan fingerprint density at radius 1 is 1.33 bits per heavy atom. The van der Waals surface area contributed by atoms with Crippen molar-refractivity contribution in [2.75, 3.05) is 17.7 Å². The summed E-state index contributed by atoms with van der Waals surface area (Å²) in [6.07, 6.45) is 6.05. The lowest BCUT2D eigenvalue weighted by Crippen LogP contribution is -2.29. The molecule has 5 rings (SSSR count). The number of aryl methyl sites for hydroxylation is 3. The average Bonchev–Trinajstić information content (AvgIpc) is 3.44. The van der Waals surface area contributed by atoms with E-state index in [4.69, 9.17) is 9.72 Å². The minimum absolute atomic E-state index is 0.0138. The number of nitrogens with zero attached hydrogens (tertiary/aromatic N) is 2. The van der Waals surface area contributed by atoms with E-state index in [0.717, 1.165) is 54.3 Å². The number of anilines is 1. The highest BCUT2D eigenvalue weighted by atomic mass is 32.2. The van der Waals surface area contributed by atoms with Crippen LogP contribution < -0.4 is 10.9 Å². The molecule has 2 aliphatic rings. The molecule has 0 spiro atoms. The molecule has 0 saturated carbocycles. The van der Waals surface area contributed by atoms with Gasteiger partial charge in [-0.3, -0.25) is 14.2 Å². The number of halogens is 1. The summed E-state index contributed by atoms with van der Waals surface area (Å²) in [6.45, 7) is 2.83. The van der Waals surface area contributed by atoms with Gasteiger partial charge in [0.25, 0.3) is 5.56 Å². The molecular formula is C24H26FN3O3S2. The number of aromatic nitrogens is 2. The van der Waals surface area contributed by atoms with Crippen molar-refractivity contribution in [2.45, 2.75) is 63.3 Å². The van der Waals surface area contributed by atoms with Crippen LogP contribution in [-0.4, -0.2) is 33.9 Å². The number of carbonyl (C=O) groups excluding carboxylic acids is 1. The normalized spacial score (nSPS) is 17.9. The quantitative estimate of drug-likeness (QED) is 0.403. The van der Waals surface area contributed by atoms with Gasteiger partial charge < -0.3 is 10.1 Å². The first-order valence-electron chi connectivity index (χ1n) is 11.3. The van der Waals surface area contributed by atoms with Crippen LogP contribution in [0.2, 0.25) is 0 Å². The number of hydrogen-bond donors (Lipinski definition) is 1. The van der Waals surface area contributed by atoms with E-state index in [1.807, 2.05) is 0 Å². The van der Waals surface area contributed by atoms with Gasteiger partial charge in [-0.25, -0.2) is 9.37 Å². The summed E-state index contributed by atoms with van der Waals surface area (Å²) in [5, 5.41) is 4.01. The van der Waals surface area contributed by atoms with Crippen LogP contribution in [0.5, 0.6) is 0 Å². The summed E-state index contributed by atoms with van der Waals surface area (Å²) in [4.78, 5) is 33.0. The Morgan fingerprint density at radius 3 is 2.97 bits per heavy atom. The molecule has 1 aromatic carbocycles. The fourth-order valence-corrected chi connectivity index (χ4v) is 6.59.